The molecular weight excluding hydrogens is 304 g/mol. The number of nitrogens with one attached hydrogen (secondary N) is 1. The molecule has 4 rings (SSSR count). The minimum Gasteiger partial charge on any atom is -0.381 e. The van der Waals surface area contributed by atoms with E-state index in [1.165, 1.54) is 25.7 Å². The third kappa shape index (κ3) is 2.86. The van der Waals surface area contributed by atoms with E-state index in [1.54, 1.807) is 12.5 Å². The quantitative estimate of drug-likeness (QED) is 0.904. The van der Waals surface area contributed by atoms with Gasteiger partial charge in [-0.1, -0.05) is 12.8 Å². The highest BCUT2D eigenvalue weighted by atomic mass is 16.5. The molecule has 130 valence electrons. The lowest BCUT2D eigenvalue weighted by Crippen LogP contribution is -2.55. The molecule has 0 spiro atoms. The van der Waals surface area contributed by atoms with Crippen molar-refractivity contribution in [3.05, 3.63) is 18.7 Å². The second kappa shape index (κ2) is 6.64. The van der Waals surface area contributed by atoms with Crippen molar-refractivity contribution < 1.29 is 4.74 Å². The zero-order chi connectivity index (χ0) is 16.4. The number of nitrogens with zero attached hydrogens (tertiary/aromatic N) is 5. The summed E-state index contributed by atoms with van der Waals surface area (Å²) in [5, 5.41) is 7.90. The molecule has 24 heavy (non-hydrogen) atoms. The maximum Gasteiger partial charge on any atom is 0.175 e. The van der Waals surface area contributed by atoms with Gasteiger partial charge in [0.2, 0.25) is 0 Å². The number of hydrogen-bond donors (Lipinski definition) is 1. The lowest BCUT2D eigenvalue weighted by Gasteiger charge is -2.45. The van der Waals surface area contributed by atoms with Crippen LogP contribution in [0, 0.1) is 0 Å². The summed E-state index contributed by atoms with van der Waals surface area (Å²) in [5.41, 5.74) is 1.03. The molecule has 3 heterocycles. The van der Waals surface area contributed by atoms with Gasteiger partial charge in [0.05, 0.1) is 18.5 Å². The van der Waals surface area contributed by atoms with E-state index >= 15 is 0 Å². The van der Waals surface area contributed by atoms with Gasteiger partial charge >= 0.3 is 0 Å². The van der Waals surface area contributed by atoms with E-state index in [4.69, 9.17) is 4.74 Å². The molecule has 1 N–H and O–H groups in total. The summed E-state index contributed by atoms with van der Waals surface area (Å²) in [6.07, 6.45) is 13.0. The van der Waals surface area contributed by atoms with Gasteiger partial charge in [-0.05, 0) is 25.7 Å². The Kier molecular flexibility index (Phi) is 4.37. The summed E-state index contributed by atoms with van der Waals surface area (Å²) in [4.78, 5) is 11.2. The molecule has 0 amide bonds. The Hall–Kier alpha value is -1.73. The van der Waals surface area contributed by atoms with E-state index in [0.29, 0.717) is 6.10 Å². The van der Waals surface area contributed by atoms with E-state index in [-0.39, 0.29) is 5.54 Å². The van der Waals surface area contributed by atoms with Crippen molar-refractivity contribution in [2.75, 3.05) is 32.1 Å². The summed E-state index contributed by atoms with van der Waals surface area (Å²) in [6, 6.07) is 0. The highest BCUT2D eigenvalue weighted by Crippen LogP contribution is 2.37. The Bertz CT molecular complexity index is 673. The number of aromatic nitrogens is 4. The lowest BCUT2D eigenvalue weighted by molar-refractivity contribution is 0.00110. The summed E-state index contributed by atoms with van der Waals surface area (Å²) in [7, 11) is 1.83. The molecule has 0 bridgehead atoms. The van der Waals surface area contributed by atoms with Gasteiger partial charge in [0.15, 0.2) is 5.65 Å². The Balaban J connectivity index is 1.49. The van der Waals surface area contributed by atoms with E-state index in [1.807, 2.05) is 17.8 Å². The SMILES string of the molecule is COC1CCN(C2(CNc3cncc4ncnn34)CCCC2)CC1. The van der Waals surface area contributed by atoms with E-state index in [9.17, 15) is 0 Å². The first kappa shape index (κ1) is 15.8. The van der Waals surface area contributed by atoms with Gasteiger partial charge in [-0.15, -0.1) is 0 Å². The van der Waals surface area contributed by atoms with Crippen molar-refractivity contribution >= 4 is 11.5 Å². The van der Waals surface area contributed by atoms with E-state index < -0.39 is 0 Å². The molecule has 1 saturated carbocycles. The molecule has 1 saturated heterocycles. The van der Waals surface area contributed by atoms with Crippen LogP contribution < -0.4 is 5.32 Å². The van der Waals surface area contributed by atoms with Crippen LogP contribution in [0.4, 0.5) is 5.82 Å². The summed E-state index contributed by atoms with van der Waals surface area (Å²) < 4.78 is 7.36. The van der Waals surface area contributed by atoms with Crippen LogP contribution >= 0.6 is 0 Å². The van der Waals surface area contributed by atoms with Crippen LogP contribution in [0.5, 0.6) is 0 Å². The Morgan fingerprint density at radius 3 is 2.79 bits per heavy atom. The molecule has 2 fully saturated rings. The molecule has 1 aliphatic heterocycles. The maximum absolute atomic E-state index is 5.53. The fourth-order valence-corrected chi connectivity index (χ4v) is 4.33. The molecule has 0 radical (unpaired) electrons. The van der Waals surface area contributed by atoms with E-state index in [0.717, 1.165) is 43.9 Å². The van der Waals surface area contributed by atoms with Crippen LogP contribution in [0.2, 0.25) is 0 Å². The predicted molar refractivity (Wildman–Crippen MR) is 92.1 cm³/mol. The van der Waals surface area contributed by atoms with Crippen LogP contribution in [0.25, 0.3) is 5.65 Å². The van der Waals surface area contributed by atoms with Crippen LogP contribution in [0.15, 0.2) is 18.7 Å². The lowest BCUT2D eigenvalue weighted by atomic mass is 9.91. The van der Waals surface area contributed by atoms with Gasteiger partial charge in [0.25, 0.3) is 0 Å². The van der Waals surface area contributed by atoms with Gasteiger partial charge in [-0.25, -0.2) is 4.98 Å². The molecule has 0 aromatic carbocycles. The number of likely N-dealkylation sites (tertiary alicyclic amines) is 1. The van der Waals surface area contributed by atoms with Crippen LogP contribution in [0.1, 0.15) is 38.5 Å². The molecule has 2 aromatic rings. The third-order valence-electron chi connectivity index (χ3n) is 5.77. The van der Waals surface area contributed by atoms with Gasteiger partial charge in [0.1, 0.15) is 12.1 Å². The first-order valence-electron chi connectivity index (χ1n) is 8.96. The Morgan fingerprint density at radius 2 is 2.04 bits per heavy atom. The fraction of sp³-hybridized carbons (Fsp3) is 0.706. The number of rotatable bonds is 5. The number of methoxy groups -OCH3 is 1. The van der Waals surface area contributed by atoms with Gasteiger partial charge < -0.3 is 10.1 Å². The number of piperidine rings is 1. The second-order valence-electron chi connectivity index (χ2n) is 7.03. The van der Waals surface area contributed by atoms with Crippen molar-refractivity contribution in [1.29, 1.82) is 0 Å². The van der Waals surface area contributed by atoms with Gasteiger partial charge in [-0.3, -0.25) is 9.88 Å². The van der Waals surface area contributed by atoms with Gasteiger partial charge in [-0.2, -0.15) is 9.61 Å². The molecule has 2 aliphatic rings. The Labute approximate surface area is 142 Å². The first-order valence-corrected chi connectivity index (χ1v) is 8.96. The van der Waals surface area contributed by atoms with Crippen molar-refractivity contribution in [1.82, 2.24) is 24.5 Å². The normalized spacial score (nSPS) is 22.2. The van der Waals surface area contributed by atoms with Crippen LogP contribution in [0.3, 0.4) is 0 Å². The van der Waals surface area contributed by atoms with E-state index in [2.05, 4.69) is 25.3 Å². The molecule has 7 nitrogen and oxygen atoms in total. The zero-order valence-electron chi connectivity index (χ0n) is 14.3. The Morgan fingerprint density at radius 1 is 1.25 bits per heavy atom. The molecule has 2 aromatic heterocycles. The summed E-state index contributed by atoms with van der Waals surface area (Å²) in [5.74, 6) is 0.919. The van der Waals surface area contributed by atoms with Crippen LogP contribution in [-0.4, -0.2) is 62.9 Å². The molecule has 0 unspecified atom stereocenters. The average Bonchev–Trinajstić information content (AvgIpc) is 3.30. The number of anilines is 1. The van der Waals surface area contributed by atoms with Gasteiger partial charge in [0, 0.05) is 32.3 Å². The van der Waals surface area contributed by atoms with Crippen molar-refractivity contribution in [2.45, 2.75) is 50.2 Å². The summed E-state index contributed by atoms with van der Waals surface area (Å²) in [6.45, 7) is 3.20. The highest BCUT2D eigenvalue weighted by Gasteiger charge is 2.40. The van der Waals surface area contributed by atoms with Crippen molar-refractivity contribution in [2.24, 2.45) is 0 Å². The molecule has 7 heteroatoms. The smallest absolute Gasteiger partial charge is 0.175 e. The topological polar surface area (TPSA) is 67.6 Å². The largest absolute Gasteiger partial charge is 0.381 e. The average molecular weight is 330 g/mol. The third-order valence-corrected chi connectivity index (χ3v) is 5.77. The first-order chi connectivity index (χ1) is 11.8. The molecule has 0 atom stereocenters. The maximum atomic E-state index is 5.53. The second-order valence-corrected chi connectivity index (χ2v) is 7.03. The predicted octanol–water partition coefficient (Wildman–Crippen LogP) is 1.96. The standard InChI is InChI=1S/C17H26N6O/c1-24-14-4-8-22(9-5-14)17(6-2-3-7-17)12-19-15-10-18-11-16-20-13-21-23(15)16/h10-11,13-14,19H,2-9,12H2,1H3. The molecule has 1 aliphatic carbocycles. The summed E-state index contributed by atoms with van der Waals surface area (Å²) >= 11 is 0. The van der Waals surface area contributed by atoms with Crippen molar-refractivity contribution in [3.63, 3.8) is 0 Å². The van der Waals surface area contributed by atoms with Crippen molar-refractivity contribution in [3.8, 4) is 0 Å². The number of hydrogen-bond acceptors (Lipinski definition) is 6. The number of fused-ring (bicyclic) bond motifs is 1. The molecular formula is C17H26N6O. The monoisotopic (exact) mass is 330 g/mol. The minimum atomic E-state index is 0.251. The number of ether oxygens (including phenoxy) is 1. The highest BCUT2D eigenvalue weighted by molar-refractivity contribution is 5.44. The van der Waals surface area contributed by atoms with Crippen LogP contribution in [-0.2, 0) is 4.74 Å². The minimum absolute atomic E-state index is 0.251. The fourth-order valence-electron chi connectivity index (χ4n) is 4.33. The zero-order valence-corrected chi connectivity index (χ0v) is 14.3.